The molecule has 90 valence electrons. The van der Waals surface area contributed by atoms with Crippen LogP contribution in [0.5, 0.6) is 0 Å². The van der Waals surface area contributed by atoms with Crippen LogP contribution in [0.1, 0.15) is 22.4 Å². The lowest BCUT2D eigenvalue weighted by Crippen LogP contribution is -2.07. The largest absolute Gasteiger partial charge is 0.477 e. The summed E-state index contributed by atoms with van der Waals surface area (Å²) in [6.07, 6.45) is 2.99. The lowest BCUT2D eigenvalue weighted by molar-refractivity contribution is 0.0702. The van der Waals surface area contributed by atoms with E-state index in [4.69, 9.17) is 5.11 Å². The van der Waals surface area contributed by atoms with Gasteiger partial charge in [-0.2, -0.15) is 0 Å². The van der Waals surface area contributed by atoms with Gasteiger partial charge in [0.1, 0.15) is 11.2 Å². The van der Waals surface area contributed by atoms with Crippen molar-refractivity contribution in [3.8, 4) is 0 Å². The molecule has 0 fully saturated rings. The second kappa shape index (κ2) is 4.91. The number of aromatic nitrogens is 4. The molecule has 2 aromatic rings. The Morgan fingerprint density at radius 1 is 1.65 bits per heavy atom. The van der Waals surface area contributed by atoms with Crippen LogP contribution >= 0.6 is 11.3 Å². The SMILES string of the molecule is CCn1cnnc1CNc1ncc(C(=O)O)s1. The minimum absolute atomic E-state index is 0.212. The van der Waals surface area contributed by atoms with Crippen molar-refractivity contribution in [1.82, 2.24) is 19.7 Å². The molecule has 0 saturated heterocycles. The van der Waals surface area contributed by atoms with E-state index in [2.05, 4.69) is 20.5 Å². The van der Waals surface area contributed by atoms with Gasteiger partial charge in [-0.05, 0) is 6.92 Å². The van der Waals surface area contributed by atoms with Crippen LogP contribution in [0.3, 0.4) is 0 Å². The normalized spacial score (nSPS) is 10.4. The van der Waals surface area contributed by atoms with E-state index in [1.165, 1.54) is 6.20 Å². The van der Waals surface area contributed by atoms with Crippen molar-refractivity contribution in [2.24, 2.45) is 0 Å². The van der Waals surface area contributed by atoms with Crippen LogP contribution in [0, 0.1) is 0 Å². The van der Waals surface area contributed by atoms with E-state index >= 15 is 0 Å². The Hall–Kier alpha value is -1.96. The van der Waals surface area contributed by atoms with E-state index in [1.54, 1.807) is 6.33 Å². The Bertz CT molecular complexity index is 521. The van der Waals surface area contributed by atoms with E-state index in [0.29, 0.717) is 11.7 Å². The fourth-order valence-electron chi connectivity index (χ4n) is 1.29. The molecule has 0 unspecified atom stereocenters. The molecule has 2 N–H and O–H groups in total. The van der Waals surface area contributed by atoms with E-state index in [1.807, 2.05) is 11.5 Å². The van der Waals surface area contributed by atoms with Gasteiger partial charge in [0.2, 0.25) is 0 Å². The third-order valence-electron chi connectivity index (χ3n) is 2.15. The highest BCUT2D eigenvalue weighted by atomic mass is 32.1. The highest BCUT2D eigenvalue weighted by molar-refractivity contribution is 7.17. The molecule has 0 bridgehead atoms. The Kier molecular flexibility index (Phi) is 3.33. The summed E-state index contributed by atoms with van der Waals surface area (Å²) in [5, 5.41) is 20.1. The number of rotatable bonds is 5. The minimum Gasteiger partial charge on any atom is -0.477 e. The molecule has 17 heavy (non-hydrogen) atoms. The molecule has 0 aliphatic rings. The lowest BCUT2D eigenvalue weighted by Gasteiger charge is -2.03. The summed E-state index contributed by atoms with van der Waals surface area (Å²) >= 11 is 1.10. The highest BCUT2D eigenvalue weighted by Gasteiger charge is 2.09. The molecular weight excluding hydrogens is 242 g/mol. The zero-order chi connectivity index (χ0) is 12.3. The summed E-state index contributed by atoms with van der Waals surface area (Å²) in [4.78, 5) is 14.8. The molecule has 2 rings (SSSR count). The molecule has 0 aromatic carbocycles. The first-order valence-corrected chi connectivity index (χ1v) is 5.82. The zero-order valence-electron chi connectivity index (χ0n) is 9.12. The number of carbonyl (C=O) groups is 1. The lowest BCUT2D eigenvalue weighted by atomic mass is 10.5. The number of carboxylic acids is 1. The van der Waals surface area contributed by atoms with Crippen molar-refractivity contribution in [1.29, 1.82) is 0 Å². The molecule has 0 spiro atoms. The topological polar surface area (TPSA) is 92.9 Å². The molecule has 0 radical (unpaired) electrons. The molecule has 0 aliphatic carbocycles. The van der Waals surface area contributed by atoms with Gasteiger partial charge in [-0.25, -0.2) is 9.78 Å². The van der Waals surface area contributed by atoms with Crippen LogP contribution < -0.4 is 5.32 Å². The Labute approximate surface area is 101 Å². The third kappa shape index (κ3) is 2.59. The van der Waals surface area contributed by atoms with Crippen LogP contribution in [0.15, 0.2) is 12.5 Å². The number of nitrogens with zero attached hydrogens (tertiary/aromatic N) is 4. The monoisotopic (exact) mass is 253 g/mol. The first kappa shape index (κ1) is 11.5. The Balaban J connectivity index is 2.00. The van der Waals surface area contributed by atoms with Crippen LogP contribution in [-0.4, -0.2) is 30.8 Å². The van der Waals surface area contributed by atoms with Crippen LogP contribution in [0.25, 0.3) is 0 Å². The number of nitrogens with one attached hydrogen (secondary N) is 1. The quantitative estimate of drug-likeness (QED) is 0.827. The number of hydrogen-bond donors (Lipinski definition) is 2. The first-order valence-electron chi connectivity index (χ1n) is 5.00. The van der Waals surface area contributed by atoms with Gasteiger partial charge in [-0.1, -0.05) is 11.3 Å². The van der Waals surface area contributed by atoms with Gasteiger partial charge in [0, 0.05) is 6.54 Å². The molecule has 8 heteroatoms. The number of carboxylic acid groups (broad SMARTS) is 1. The summed E-state index contributed by atoms with van der Waals surface area (Å²) in [5.41, 5.74) is 0. The van der Waals surface area contributed by atoms with E-state index < -0.39 is 5.97 Å². The smallest absolute Gasteiger partial charge is 0.347 e. The van der Waals surface area contributed by atoms with Crippen molar-refractivity contribution >= 4 is 22.4 Å². The predicted octanol–water partition coefficient (Wildman–Crippen LogP) is 1.06. The van der Waals surface area contributed by atoms with Crippen molar-refractivity contribution < 1.29 is 9.90 Å². The van der Waals surface area contributed by atoms with Crippen LogP contribution in [-0.2, 0) is 13.1 Å². The zero-order valence-corrected chi connectivity index (χ0v) is 9.94. The standard InChI is InChI=1S/C9H11N5O2S/c1-2-14-5-12-13-7(14)4-11-9-10-3-6(17-9)8(15)16/h3,5H,2,4H2,1H3,(H,10,11)(H,15,16). The van der Waals surface area contributed by atoms with Crippen molar-refractivity contribution in [3.63, 3.8) is 0 Å². The third-order valence-corrected chi connectivity index (χ3v) is 3.09. The predicted molar refractivity (Wildman–Crippen MR) is 62.1 cm³/mol. The second-order valence-electron chi connectivity index (χ2n) is 3.22. The van der Waals surface area contributed by atoms with Gasteiger partial charge in [0.05, 0.1) is 12.7 Å². The summed E-state index contributed by atoms with van der Waals surface area (Å²) in [6.45, 7) is 3.27. The van der Waals surface area contributed by atoms with E-state index in [0.717, 1.165) is 23.7 Å². The summed E-state index contributed by atoms with van der Waals surface area (Å²) in [7, 11) is 0. The van der Waals surface area contributed by atoms with E-state index in [-0.39, 0.29) is 4.88 Å². The molecule has 0 atom stereocenters. The maximum absolute atomic E-state index is 10.7. The fraction of sp³-hybridized carbons (Fsp3) is 0.333. The highest BCUT2D eigenvalue weighted by Crippen LogP contribution is 2.18. The van der Waals surface area contributed by atoms with Gasteiger partial charge in [-0.3, -0.25) is 0 Å². The first-order chi connectivity index (χ1) is 8.20. The number of hydrogen-bond acceptors (Lipinski definition) is 6. The maximum atomic E-state index is 10.7. The van der Waals surface area contributed by atoms with Crippen LogP contribution in [0.2, 0.25) is 0 Å². The number of thiazole rings is 1. The molecular formula is C9H11N5O2S. The summed E-state index contributed by atoms with van der Waals surface area (Å²) < 4.78 is 1.90. The number of aromatic carboxylic acids is 1. The second-order valence-corrected chi connectivity index (χ2v) is 4.25. The minimum atomic E-state index is -0.965. The molecule has 0 aliphatic heterocycles. The van der Waals surface area contributed by atoms with Gasteiger partial charge < -0.3 is 15.0 Å². The van der Waals surface area contributed by atoms with Gasteiger partial charge in [0.25, 0.3) is 0 Å². The Morgan fingerprint density at radius 2 is 2.47 bits per heavy atom. The molecule has 0 saturated carbocycles. The summed E-state index contributed by atoms with van der Waals surface area (Å²) in [6, 6.07) is 0. The molecule has 2 heterocycles. The van der Waals surface area contributed by atoms with Gasteiger partial charge in [0.15, 0.2) is 11.0 Å². The van der Waals surface area contributed by atoms with Crippen molar-refractivity contribution in [3.05, 3.63) is 23.2 Å². The Morgan fingerprint density at radius 3 is 3.12 bits per heavy atom. The maximum Gasteiger partial charge on any atom is 0.347 e. The van der Waals surface area contributed by atoms with Crippen LogP contribution in [0.4, 0.5) is 5.13 Å². The molecule has 0 amide bonds. The average molecular weight is 253 g/mol. The fourth-order valence-corrected chi connectivity index (χ4v) is 1.94. The summed E-state index contributed by atoms with van der Waals surface area (Å²) in [5.74, 6) is -0.174. The van der Waals surface area contributed by atoms with Crippen molar-refractivity contribution in [2.45, 2.75) is 20.0 Å². The van der Waals surface area contributed by atoms with E-state index in [9.17, 15) is 4.79 Å². The van der Waals surface area contributed by atoms with Gasteiger partial charge in [-0.15, -0.1) is 10.2 Å². The number of anilines is 1. The molecule has 2 aromatic heterocycles. The van der Waals surface area contributed by atoms with Crippen molar-refractivity contribution in [2.75, 3.05) is 5.32 Å². The number of aryl methyl sites for hydroxylation is 1. The average Bonchev–Trinajstić information content (AvgIpc) is 2.95. The molecule has 7 nitrogen and oxygen atoms in total. The van der Waals surface area contributed by atoms with Gasteiger partial charge >= 0.3 is 5.97 Å².